The third-order valence-electron chi connectivity index (χ3n) is 1.38. The zero-order valence-corrected chi connectivity index (χ0v) is 5.17. The molecule has 1 aliphatic heterocycles. The molecule has 1 saturated heterocycles. The summed E-state index contributed by atoms with van der Waals surface area (Å²) in [4.78, 5) is 10.2. The van der Waals surface area contributed by atoms with Crippen molar-refractivity contribution in [2.75, 3.05) is 6.61 Å². The Hall–Kier alpha value is -0.570. The van der Waals surface area contributed by atoms with Gasteiger partial charge in [-0.05, 0) is 12.8 Å². The second-order valence-electron chi connectivity index (χ2n) is 2.18. The first-order chi connectivity index (χ1) is 4.33. The second kappa shape index (κ2) is 2.82. The van der Waals surface area contributed by atoms with Crippen LogP contribution in [0, 0.1) is 0 Å². The molecule has 0 spiro atoms. The van der Waals surface area contributed by atoms with Crippen molar-refractivity contribution in [2.24, 2.45) is 0 Å². The number of hydrogen-bond donors (Lipinski definition) is 1. The van der Waals surface area contributed by atoms with Crippen LogP contribution < -0.4 is 0 Å². The van der Waals surface area contributed by atoms with Crippen LogP contribution in [0.4, 0.5) is 0 Å². The van der Waals surface area contributed by atoms with E-state index in [1.807, 2.05) is 0 Å². The van der Waals surface area contributed by atoms with Gasteiger partial charge in [0, 0.05) is 6.61 Å². The van der Waals surface area contributed by atoms with Crippen LogP contribution in [0.3, 0.4) is 0 Å². The minimum absolute atomic E-state index is 0.102. The first kappa shape index (κ1) is 6.55. The summed E-state index contributed by atoms with van der Waals surface area (Å²) in [7, 11) is 0. The minimum Gasteiger partial charge on any atom is -0.462 e. The number of carbonyl (C=O) groups excluding carboxylic acids is 1. The summed E-state index contributed by atoms with van der Waals surface area (Å²) in [5, 5.41) is 8.36. The van der Waals surface area contributed by atoms with Crippen LogP contribution in [-0.2, 0) is 9.53 Å². The van der Waals surface area contributed by atoms with Gasteiger partial charge in [0.1, 0.15) is 6.10 Å². The summed E-state index contributed by atoms with van der Waals surface area (Å²) < 4.78 is 4.69. The smallest absolute Gasteiger partial charge is 0.309 e. The van der Waals surface area contributed by atoms with Crippen LogP contribution >= 0.6 is 0 Å². The summed E-state index contributed by atoms with van der Waals surface area (Å²) in [5.74, 6) is -0.113. The number of aliphatic hydroxyl groups is 1. The Kier molecular flexibility index (Phi) is 2.05. The first-order valence-electron chi connectivity index (χ1n) is 3.13. The molecule has 1 heterocycles. The molecule has 0 aromatic heterocycles. The van der Waals surface area contributed by atoms with Crippen molar-refractivity contribution in [3.8, 4) is 0 Å². The van der Waals surface area contributed by atoms with E-state index in [1.165, 1.54) is 0 Å². The van der Waals surface area contributed by atoms with Gasteiger partial charge < -0.3 is 9.84 Å². The Morgan fingerprint density at radius 1 is 1.78 bits per heavy atom. The maximum absolute atomic E-state index is 10.2. The molecule has 0 bridgehead atoms. The Labute approximate surface area is 53.6 Å². The molecule has 1 unspecified atom stereocenters. The molecule has 0 aliphatic carbocycles. The summed E-state index contributed by atoms with van der Waals surface area (Å²) in [6.07, 6.45) is 2.19. The van der Waals surface area contributed by atoms with Crippen LogP contribution in [0.15, 0.2) is 0 Å². The Balaban J connectivity index is 1.97. The Morgan fingerprint density at radius 3 is 2.89 bits per heavy atom. The van der Waals surface area contributed by atoms with Crippen molar-refractivity contribution in [3.63, 3.8) is 0 Å². The van der Waals surface area contributed by atoms with Gasteiger partial charge in [-0.3, -0.25) is 4.79 Å². The SMILES string of the molecule is O=C1CC(CCCO)O1. The number of cyclic esters (lactones) is 1. The maximum atomic E-state index is 10.2. The van der Waals surface area contributed by atoms with Gasteiger partial charge in [-0.1, -0.05) is 0 Å². The molecule has 1 atom stereocenters. The van der Waals surface area contributed by atoms with E-state index < -0.39 is 0 Å². The van der Waals surface area contributed by atoms with E-state index >= 15 is 0 Å². The molecule has 1 fully saturated rings. The molecule has 1 aliphatic rings. The van der Waals surface area contributed by atoms with Crippen LogP contribution in [0.2, 0.25) is 0 Å². The van der Waals surface area contributed by atoms with Gasteiger partial charge in [-0.2, -0.15) is 0 Å². The molecule has 0 aromatic rings. The van der Waals surface area contributed by atoms with Crippen molar-refractivity contribution < 1.29 is 14.6 Å². The molecule has 3 nitrogen and oxygen atoms in total. The summed E-state index contributed by atoms with van der Waals surface area (Å²) in [6.45, 7) is 0.189. The summed E-state index contributed by atoms with van der Waals surface area (Å²) >= 11 is 0. The normalized spacial score (nSPS) is 25.0. The molecule has 1 N–H and O–H groups in total. The number of carbonyl (C=O) groups is 1. The number of aliphatic hydroxyl groups excluding tert-OH is 1. The van der Waals surface area contributed by atoms with E-state index in [0.717, 1.165) is 12.8 Å². The summed E-state index contributed by atoms with van der Waals surface area (Å²) in [5.41, 5.74) is 0. The highest BCUT2D eigenvalue weighted by Crippen LogP contribution is 2.17. The number of hydrogen-bond acceptors (Lipinski definition) is 3. The fourth-order valence-corrected chi connectivity index (χ4v) is 0.842. The van der Waals surface area contributed by atoms with E-state index in [1.54, 1.807) is 0 Å². The van der Waals surface area contributed by atoms with E-state index in [0.29, 0.717) is 6.42 Å². The van der Waals surface area contributed by atoms with Crippen LogP contribution in [-0.4, -0.2) is 23.8 Å². The first-order valence-corrected chi connectivity index (χ1v) is 3.13. The van der Waals surface area contributed by atoms with Gasteiger partial charge in [-0.25, -0.2) is 0 Å². The molecule has 0 aromatic carbocycles. The maximum Gasteiger partial charge on any atom is 0.309 e. The van der Waals surface area contributed by atoms with E-state index in [-0.39, 0.29) is 18.7 Å². The lowest BCUT2D eigenvalue weighted by atomic mass is 10.1. The van der Waals surface area contributed by atoms with Gasteiger partial charge >= 0.3 is 5.97 Å². The second-order valence-corrected chi connectivity index (χ2v) is 2.18. The van der Waals surface area contributed by atoms with Crippen molar-refractivity contribution in [1.29, 1.82) is 0 Å². The average Bonchev–Trinajstić information content (AvgIpc) is 1.78. The zero-order valence-electron chi connectivity index (χ0n) is 5.17. The molecular weight excluding hydrogens is 120 g/mol. The number of rotatable bonds is 3. The molecule has 52 valence electrons. The van der Waals surface area contributed by atoms with Crippen molar-refractivity contribution in [1.82, 2.24) is 0 Å². The van der Waals surface area contributed by atoms with Crippen molar-refractivity contribution in [2.45, 2.75) is 25.4 Å². The zero-order chi connectivity index (χ0) is 6.69. The van der Waals surface area contributed by atoms with E-state index in [2.05, 4.69) is 0 Å². The van der Waals surface area contributed by atoms with Gasteiger partial charge in [0.25, 0.3) is 0 Å². The molecular formula is C6H10O3. The standard InChI is InChI=1S/C6H10O3/c7-3-1-2-5-4-6(8)9-5/h5,7H,1-4H2. The van der Waals surface area contributed by atoms with E-state index in [9.17, 15) is 4.79 Å². The highest BCUT2D eigenvalue weighted by Gasteiger charge is 2.27. The largest absolute Gasteiger partial charge is 0.462 e. The molecule has 3 heteroatoms. The quantitative estimate of drug-likeness (QED) is 0.550. The van der Waals surface area contributed by atoms with Crippen LogP contribution in [0.25, 0.3) is 0 Å². The molecule has 0 amide bonds. The topological polar surface area (TPSA) is 46.5 Å². The van der Waals surface area contributed by atoms with E-state index in [4.69, 9.17) is 9.84 Å². The van der Waals surface area contributed by atoms with Crippen LogP contribution in [0.1, 0.15) is 19.3 Å². The highest BCUT2D eigenvalue weighted by molar-refractivity contribution is 5.75. The van der Waals surface area contributed by atoms with Gasteiger partial charge in [0.2, 0.25) is 0 Å². The predicted molar refractivity (Wildman–Crippen MR) is 30.8 cm³/mol. The Morgan fingerprint density at radius 2 is 2.44 bits per heavy atom. The molecule has 1 rings (SSSR count). The minimum atomic E-state index is -0.113. The third-order valence-corrected chi connectivity index (χ3v) is 1.38. The monoisotopic (exact) mass is 130 g/mol. The van der Waals surface area contributed by atoms with Crippen LogP contribution in [0.5, 0.6) is 0 Å². The lowest BCUT2D eigenvalue weighted by Gasteiger charge is -2.24. The van der Waals surface area contributed by atoms with Gasteiger partial charge in [-0.15, -0.1) is 0 Å². The molecule has 0 saturated carbocycles. The van der Waals surface area contributed by atoms with Crippen molar-refractivity contribution >= 4 is 5.97 Å². The fraction of sp³-hybridized carbons (Fsp3) is 0.833. The average molecular weight is 130 g/mol. The van der Waals surface area contributed by atoms with Crippen molar-refractivity contribution in [3.05, 3.63) is 0 Å². The lowest BCUT2D eigenvalue weighted by molar-refractivity contribution is -0.170. The fourth-order valence-electron chi connectivity index (χ4n) is 0.842. The number of ether oxygens (including phenoxy) is 1. The lowest BCUT2D eigenvalue weighted by Crippen LogP contribution is -2.32. The predicted octanol–water partition coefficient (Wildman–Crippen LogP) is 0.0744. The molecule has 9 heavy (non-hydrogen) atoms. The Bertz CT molecular complexity index is 103. The third kappa shape index (κ3) is 1.68. The number of esters is 1. The van der Waals surface area contributed by atoms with Gasteiger partial charge in [0.05, 0.1) is 6.42 Å². The van der Waals surface area contributed by atoms with Gasteiger partial charge in [0.15, 0.2) is 0 Å². The molecule has 0 radical (unpaired) electrons. The highest BCUT2D eigenvalue weighted by atomic mass is 16.6. The summed E-state index contributed by atoms with van der Waals surface area (Å²) in [6, 6.07) is 0.